The summed E-state index contributed by atoms with van der Waals surface area (Å²) in [5.41, 5.74) is -0.226. The Morgan fingerprint density at radius 2 is 1.84 bits per heavy atom. The molecule has 1 fully saturated rings. The lowest BCUT2D eigenvalue weighted by molar-refractivity contribution is -0.385. The molecule has 0 saturated carbocycles. The summed E-state index contributed by atoms with van der Waals surface area (Å²) in [4.78, 5) is 14.2. The van der Waals surface area contributed by atoms with Crippen molar-refractivity contribution < 1.29 is 27.9 Å². The third kappa shape index (κ3) is 4.54. The molecular weight excluding hydrogens is 424 g/mol. The van der Waals surface area contributed by atoms with E-state index < -0.39 is 28.0 Å². The van der Waals surface area contributed by atoms with Gasteiger partial charge in [-0.2, -0.15) is 0 Å². The number of halogens is 2. The first kappa shape index (κ1) is 21.7. The number of ether oxygens (including phenoxy) is 3. The van der Waals surface area contributed by atoms with Gasteiger partial charge < -0.3 is 19.5 Å². The number of piperidine rings is 1. The highest BCUT2D eigenvalue weighted by molar-refractivity contribution is 5.88. The maximum Gasteiger partial charge on any atom is 0.275 e. The van der Waals surface area contributed by atoms with Crippen LogP contribution in [-0.4, -0.2) is 36.7 Å². The van der Waals surface area contributed by atoms with Crippen molar-refractivity contribution in [1.29, 1.82) is 0 Å². The van der Waals surface area contributed by atoms with Crippen molar-refractivity contribution in [3.05, 3.63) is 58.3 Å². The zero-order valence-electron chi connectivity index (χ0n) is 17.3. The standard InChI is InChI=1S/C22H21F2N3O5/c1-30-20-10-15-18(11-21(20)31-12-13-2-5-25-6-3-13)26-7-4-19(15)32-22-16(23)8-14(27(28)29)9-17(22)24/h4,7-11,13,25H,2-3,5-6,12H2,1H3. The molecule has 1 aromatic heterocycles. The molecule has 4 rings (SSSR count). The molecule has 1 saturated heterocycles. The van der Waals surface area contributed by atoms with Gasteiger partial charge in [-0.05, 0) is 44.0 Å². The molecular formula is C22H21F2N3O5. The Bertz CT molecular complexity index is 1130. The van der Waals surface area contributed by atoms with Crippen LogP contribution in [-0.2, 0) is 0 Å². The van der Waals surface area contributed by atoms with Gasteiger partial charge in [0.2, 0.25) is 0 Å². The van der Waals surface area contributed by atoms with Crippen molar-refractivity contribution in [2.75, 3.05) is 26.8 Å². The molecule has 3 aromatic rings. The van der Waals surface area contributed by atoms with E-state index in [1.807, 2.05) is 0 Å². The fourth-order valence-corrected chi connectivity index (χ4v) is 3.61. The highest BCUT2D eigenvalue weighted by Crippen LogP contribution is 2.39. The van der Waals surface area contributed by atoms with Crippen LogP contribution in [0.5, 0.6) is 23.0 Å². The minimum absolute atomic E-state index is 0.116. The first-order valence-electron chi connectivity index (χ1n) is 10.1. The van der Waals surface area contributed by atoms with Crippen LogP contribution >= 0.6 is 0 Å². The average Bonchev–Trinajstić information content (AvgIpc) is 2.80. The van der Waals surface area contributed by atoms with Crippen LogP contribution in [0, 0.1) is 27.7 Å². The van der Waals surface area contributed by atoms with Crippen molar-refractivity contribution in [2.45, 2.75) is 12.8 Å². The largest absolute Gasteiger partial charge is 0.493 e. The third-order valence-electron chi connectivity index (χ3n) is 5.33. The molecule has 2 aromatic carbocycles. The molecule has 1 N–H and O–H groups in total. The van der Waals surface area contributed by atoms with Crippen molar-refractivity contribution in [1.82, 2.24) is 10.3 Å². The summed E-state index contributed by atoms with van der Waals surface area (Å²) in [5.74, 6) is -1.62. The molecule has 0 atom stereocenters. The molecule has 0 amide bonds. The van der Waals surface area contributed by atoms with Crippen molar-refractivity contribution >= 4 is 16.6 Å². The lowest BCUT2D eigenvalue weighted by Gasteiger charge is -2.23. The molecule has 0 spiro atoms. The number of non-ortho nitro benzene ring substituents is 1. The van der Waals surface area contributed by atoms with Crippen LogP contribution in [0.2, 0.25) is 0 Å². The number of nitro benzene ring substituents is 1. The molecule has 0 radical (unpaired) electrons. The number of fused-ring (bicyclic) bond motifs is 1. The van der Waals surface area contributed by atoms with E-state index in [9.17, 15) is 18.9 Å². The summed E-state index contributed by atoms with van der Waals surface area (Å²) >= 11 is 0. The maximum absolute atomic E-state index is 14.3. The van der Waals surface area contributed by atoms with Crippen molar-refractivity contribution in [3.8, 4) is 23.0 Å². The molecule has 168 valence electrons. The van der Waals surface area contributed by atoms with Gasteiger partial charge in [0.1, 0.15) is 5.75 Å². The second-order valence-corrected chi connectivity index (χ2v) is 7.43. The van der Waals surface area contributed by atoms with E-state index in [0.29, 0.717) is 47.1 Å². The minimum Gasteiger partial charge on any atom is -0.493 e. The molecule has 1 aliphatic heterocycles. The van der Waals surface area contributed by atoms with Gasteiger partial charge in [0, 0.05) is 17.6 Å². The SMILES string of the molecule is COc1cc2c(Oc3c(F)cc([N+](=O)[O-])cc3F)ccnc2cc1OCC1CCNCC1. The zero-order chi connectivity index (χ0) is 22.7. The van der Waals surface area contributed by atoms with E-state index in [-0.39, 0.29) is 5.75 Å². The number of nitrogens with one attached hydrogen (secondary N) is 1. The van der Waals surface area contributed by atoms with E-state index in [0.717, 1.165) is 25.9 Å². The van der Waals surface area contributed by atoms with Crippen molar-refractivity contribution in [2.24, 2.45) is 5.92 Å². The lowest BCUT2D eigenvalue weighted by Crippen LogP contribution is -2.30. The van der Waals surface area contributed by atoms with Crippen LogP contribution in [0.1, 0.15) is 12.8 Å². The van der Waals surface area contributed by atoms with Gasteiger partial charge in [0.15, 0.2) is 28.9 Å². The Hall–Kier alpha value is -3.53. The topological polar surface area (TPSA) is 95.8 Å². The number of nitro groups is 1. The average molecular weight is 445 g/mol. The van der Waals surface area contributed by atoms with Gasteiger partial charge in [0.25, 0.3) is 5.69 Å². The fraction of sp³-hybridized carbons (Fsp3) is 0.318. The highest BCUT2D eigenvalue weighted by Gasteiger charge is 2.21. The summed E-state index contributed by atoms with van der Waals surface area (Å²) in [6.07, 6.45) is 3.49. The number of hydrogen-bond acceptors (Lipinski definition) is 7. The smallest absolute Gasteiger partial charge is 0.275 e. The van der Waals surface area contributed by atoms with Crippen LogP contribution < -0.4 is 19.5 Å². The summed E-state index contributed by atoms with van der Waals surface area (Å²) in [5, 5.41) is 14.6. The summed E-state index contributed by atoms with van der Waals surface area (Å²) < 4.78 is 45.5. The normalized spacial score (nSPS) is 14.3. The van der Waals surface area contributed by atoms with E-state index in [1.54, 1.807) is 12.1 Å². The predicted molar refractivity (Wildman–Crippen MR) is 112 cm³/mol. The summed E-state index contributed by atoms with van der Waals surface area (Å²) in [6, 6.07) is 5.96. The Kier molecular flexibility index (Phi) is 6.31. The Balaban J connectivity index is 1.64. The molecule has 10 heteroatoms. The number of benzene rings is 2. The number of aromatic nitrogens is 1. The second kappa shape index (κ2) is 9.31. The monoisotopic (exact) mass is 445 g/mol. The molecule has 2 heterocycles. The molecule has 0 aliphatic carbocycles. The molecule has 0 unspecified atom stereocenters. The van der Waals surface area contributed by atoms with Gasteiger partial charge in [-0.15, -0.1) is 0 Å². The van der Waals surface area contributed by atoms with Gasteiger partial charge >= 0.3 is 0 Å². The van der Waals surface area contributed by atoms with Crippen molar-refractivity contribution in [3.63, 3.8) is 0 Å². The Morgan fingerprint density at radius 3 is 2.50 bits per heavy atom. The van der Waals surface area contributed by atoms with Crippen LogP contribution in [0.4, 0.5) is 14.5 Å². The van der Waals surface area contributed by atoms with Gasteiger partial charge in [-0.3, -0.25) is 15.1 Å². The minimum atomic E-state index is -1.18. The van der Waals surface area contributed by atoms with Gasteiger partial charge in [-0.25, -0.2) is 8.78 Å². The van der Waals surface area contributed by atoms with Crippen LogP contribution in [0.15, 0.2) is 36.5 Å². The van der Waals surface area contributed by atoms with E-state index >= 15 is 0 Å². The quantitative estimate of drug-likeness (QED) is 0.419. The Labute approximate surface area is 182 Å². The molecule has 8 nitrogen and oxygen atoms in total. The maximum atomic E-state index is 14.3. The molecule has 1 aliphatic rings. The third-order valence-corrected chi connectivity index (χ3v) is 5.33. The number of nitrogens with zero attached hydrogens (tertiary/aromatic N) is 2. The highest BCUT2D eigenvalue weighted by atomic mass is 19.1. The summed E-state index contributed by atoms with van der Waals surface area (Å²) in [6.45, 7) is 2.46. The number of hydrogen-bond donors (Lipinski definition) is 1. The van der Waals surface area contributed by atoms with Crippen LogP contribution in [0.25, 0.3) is 10.9 Å². The van der Waals surface area contributed by atoms with E-state index in [4.69, 9.17) is 14.2 Å². The Morgan fingerprint density at radius 1 is 1.12 bits per heavy atom. The fourth-order valence-electron chi connectivity index (χ4n) is 3.61. The number of methoxy groups -OCH3 is 1. The van der Waals surface area contributed by atoms with Gasteiger partial charge in [0.05, 0.1) is 36.3 Å². The summed E-state index contributed by atoms with van der Waals surface area (Å²) in [7, 11) is 1.49. The second-order valence-electron chi connectivity index (χ2n) is 7.43. The first-order valence-corrected chi connectivity index (χ1v) is 10.1. The first-order chi connectivity index (χ1) is 15.5. The molecule has 0 bridgehead atoms. The molecule has 32 heavy (non-hydrogen) atoms. The number of rotatable bonds is 7. The number of pyridine rings is 1. The predicted octanol–water partition coefficient (Wildman–Crippen LogP) is 4.60. The van der Waals surface area contributed by atoms with E-state index in [1.165, 1.54) is 19.4 Å². The van der Waals surface area contributed by atoms with Crippen LogP contribution in [0.3, 0.4) is 0 Å². The zero-order valence-corrected chi connectivity index (χ0v) is 17.3. The van der Waals surface area contributed by atoms with E-state index in [2.05, 4.69) is 10.3 Å². The lowest BCUT2D eigenvalue weighted by atomic mass is 9.99. The van der Waals surface area contributed by atoms with Gasteiger partial charge in [-0.1, -0.05) is 0 Å².